The summed E-state index contributed by atoms with van der Waals surface area (Å²) in [6.45, 7) is 1.54. The molecule has 0 fully saturated rings. The molecule has 0 unspecified atom stereocenters. The van der Waals surface area contributed by atoms with Crippen LogP contribution in [0.1, 0.15) is 12.7 Å². The molecule has 0 aliphatic rings. The summed E-state index contributed by atoms with van der Waals surface area (Å²) in [5.41, 5.74) is 1.74. The van der Waals surface area contributed by atoms with E-state index >= 15 is 0 Å². The van der Waals surface area contributed by atoms with E-state index in [9.17, 15) is 13.6 Å². The molecule has 2 heterocycles. The molecule has 0 amide bonds. The highest BCUT2D eigenvalue weighted by Gasteiger charge is 2.27. The van der Waals surface area contributed by atoms with Crippen molar-refractivity contribution < 1.29 is 8.78 Å². The molecule has 4 aromatic rings. The van der Waals surface area contributed by atoms with Gasteiger partial charge in [0.1, 0.15) is 17.0 Å². The largest absolute Gasteiger partial charge is 0.289 e. The van der Waals surface area contributed by atoms with Crippen LogP contribution in [0, 0.1) is 6.92 Å². The molecule has 0 spiro atoms. The fourth-order valence-corrected chi connectivity index (χ4v) is 3.86. The van der Waals surface area contributed by atoms with Gasteiger partial charge in [-0.2, -0.15) is 5.10 Å². The zero-order valence-corrected chi connectivity index (χ0v) is 18.4. The van der Waals surface area contributed by atoms with Crippen LogP contribution < -0.4 is 5.56 Å². The molecule has 2 aromatic carbocycles. The molecule has 0 aliphatic heterocycles. The number of rotatable bonds is 4. The van der Waals surface area contributed by atoms with Gasteiger partial charge in [-0.05, 0) is 47.1 Å². The third kappa shape index (κ3) is 3.77. The molecule has 0 saturated carbocycles. The number of aromatic nitrogens is 4. The number of hydrogen-bond donors (Lipinski definition) is 0. The van der Waals surface area contributed by atoms with E-state index in [1.165, 1.54) is 6.92 Å². The predicted octanol–water partition coefficient (Wildman–Crippen LogP) is 5.63. The lowest BCUT2D eigenvalue weighted by molar-refractivity contribution is 0.00222. The fraction of sp³-hybridized carbons (Fsp3) is 0.190. The van der Waals surface area contributed by atoms with Crippen molar-refractivity contribution in [2.45, 2.75) is 26.3 Å². The van der Waals surface area contributed by atoms with Crippen LogP contribution >= 0.6 is 27.5 Å². The molecule has 0 saturated heterocycles. The lowest BCUT2D eigenvalue weighted by Crippen LogP contribution is -2.31. The number of fused-ring (bicyclic) bond motifs is 1. The van der Waals surface area contributed by atoms with E-state index in [2.05, 4.69) is 26.0 Å². The molecule has 0 radical (unpaired) electrons. The predicted molar refractivity (Wildman–Crippen MR) is 117 cm³/mol. The van der Waals surface area contributed by atoms with Crippen molar-refractivity contribution in [1.82, 2.24) is 19.3 Å². The number of hydrogen-bond acceptors (Lipinski definition) is 3. The van der Waals surface area contributed by atoms with Gasteiger partial charge in [-0.3, -0.25) is 9.36 Å². The minimum Gasteiger partial charge on any atom is -0.289 e. The van der Waals surface area contributed by atoms with Gasteiger partial charge < -0.3 is 0 Å². The maximum Gasteiger partial charge on any atom is 0.282 e. The normalized spacial score (nSPS) is 11.9. The number of halogens is 4. The number of benzene rings is 2. The molecule has 9 heteroatoms. The van der Waals surface area contributed by atoms with Crippen molar-refractivity contribution in [3.05, 3.63) is 74.2 Å². The van der Waals surface area contributed by atoms with E-state index in [0.717, 1.165) is 21.5 Å². The Morgan fingerprint density at radius 3 is 2.40 bits per heavy atom. The molecule has 0 atom stereocenters. The van der Waals surface area contributed by atoms with Crippen LogP contribution in [0.15, 0.2) is 57.8 Å². The third-order valence-electron chi connectivity index (χ3n) is 4.61. The van der Waals surface area contributed by atoms with Gasteiger partial charge in [0.25, 0.3) is 11.5 Å². The molecule has 154 valence electrons. The molecule has 0 aliphatic carbocycles. The van der Waals surface area contributed by atoms with Crippen molar-refractivity contribution >= 4 is 38.6 Å². The number of alkyl halides is 2. The number of aryl methyl sites for hydroxylation is 1. The quantitative estimate of drug-likeness (QED) is 0.370. The lowest BCUT2D eigenvalue weighted by atomic mass is 10.1. The first-order chi connectivity index (χ1) is 14.2. The molecule has 2 aromatic heterocycles. The average Bonchev–Trinajstić information content (AvgIpc) is 3.04. The molecule has 5 nitrogen and oxygen atoms in total. The maximum absolute atomic E-state index is 13.6. The molecule has 0 N–H and O–H groups in total. The Morgan fingerprint density at radius 1 is 1.10 bits per heavy atom. The van der Waals surface area contributed by atoms with Crippen LogP contribution in [0.2, 0.25) is 5.02 Å². The van der Waals surface area contributed by atoms with Crippen molar-refractivity contribution in [1.29, 1.82) is 0 Å². The molecule has 30 heavy (non-hydrogen) atoms. The Hall–Kier alpha value is -2.58. The Balaban J connectivity index is 2.08. The second kappa shape index (κ2) is 7.59. The van der Waals surface area contributed by atoms with E-state index in [0.29, 0.717) is 21.9 Å². The van der Waals surface area contributed by atoms with Gasteiger partial charge in [0, 0.05) is 22.0 Å². The summed E-state index contributed by atoms with van der Waals surface area (Å²) in [7, 11) is 0. The standard InChI is InChI=1S/C21H16BrClF2N4O/c1-12-26-17-18(20(30)28(12)11-21(2,24)25)27-29(16-6-4-3-5-15(16)22)19(17)13-7-9-14(23)10-8-13/h3-10H,11H2,1-2H3. The van der Waals surface area contributed by atoms with Crippen molar-refractivity contribution in [2.24, 2.45) is 0 Å². The minimum atomic E-state index is -3.06. The summed E-state index contributed by atoms with van der Waals surface area (Å²) in [4.78, 5) is 17.6. The first-order valence-corrected chi connectivity index (χ1v) is 10.2. The van der Waals surface area contributed by atoms with E-state index < -0.39 is 18.0 Å². The summed E-state index contributed by atoms with van der Waals surface area (Å²) in [5, 5.41) is 5.05. The zero-order chi connectivity index (χ0) is 21.6. The van der Waals surface area contributed by atoms with Crippen molar-refractivity contribution in [3.8, 4) is 16.9 Å². The highest BCUT2D eigenvalue weighted by atomic mass is 79.9. The highest BCUT2D eigenvalue weighted by Crippen LogP contribution is 2.32. The third-order valence-corrected chi connectivity index (χ3v) is 5.53. The van der Waals surface area contributed by atoms with E-state index in [1.807, 2.05) is 24.3 Å². The Labute approximate surface area is 184 Å². The van der Waals surface area contributed by atoms with E-state index in [-0.39, 0.29) is 11.3 Å². The second-order valence-electron chi connectivity index (χ2n) is 7.04. The Kier molecular flexibility index (Phi) is 5.23. The molecule has 4 rings (SSSR count). The van der Waals surface area contributed by atoms with Gasteiger partial charge in [-0.15, -0.1) is 0 Å². The van der Waals surface area contributed by atoms with Gasteiger partial charge in [0.05, 0.1) is 12.2 Å². The Morgan fingerprint density at radius 2 is 1.77 bits per heavy atom. The van der Waals surface area contributed by atoms with Gasteiger partial charge in [0.15, 0.2) is 5.52 Å². The molecular formula is C21H16BrClF2N4O. The first kappa shape index (κ1) is 20.7. The van der Waals surface area contributed by atoms with Crippen molar-refractivity contribution in [2.75, 3.05) is 0 Å². The summed E-state index contributed by atoms with van der Waals surface area (Å²) in [6.07, 6.45) is 0. The fourth-order valence-electron chi connectivity index (χ4n) is 3.29. The lowest BCUT2D eigenvalue weighted by Gasteiger charge is -2.14. The highest BCUT2D eigenvalue weighted by molar-refractivity contribution is 9.10. The summed E-state index contributed by atoms with van der Waals surface area (Å²) in [6, 6.07) is 14.4. The minimum absolute atomic E-state index is 0.0190. The monoisotopic (exact) mass is 492 g/mol. The van der Waals surface area contributed by atoms with Gasteiger partial charge in [0.2, 0.25) is 0 Å². The van der Waals surface area contributed by atoms with Gasteiger partial charge >= 0.3 is 0 Å². The molecule has 0 bridgehead atoms. The van der Waals surface area contributed by atoms with Crippen LogP contribution in [-0.4, -0.2) is 25.3 Å². The number of para-hydroxylation sites is 1. The van der Waals surface area contributed by atoms with Crippen molar-refractivity contribution in [3.63, 3.8) is 0 Å². The first-order valence-electron chi connectivity index (χ1n) is 9.04. The Bertz CT molecular complexity index is 1310. The van der Waals surface area contributed by atoms with E-state index in [1.54, 1.807) is 28.9 Å². The smallest absolute Gasteiger partial charge is 0.282 e. The SMILES string of the molecule is Cc1nc2c(-c3ccc(Cl)cc3)n(-c3ccccc3Br)nc2c(=O)n1CC(C)(F)F. The van der Waals surface area contributed by atoms with Crippen LogP contribution in [0.4, 0.5) is 8.78 Å². The summed E-state index contributed by atoms with van der Waals surface area (Å²) in [5.74, 6) is -2.87. The van der Waals surface area contributed by atoms with Crippen LogP contribution in [0.25, 0.3) is 28.0 Å². The zero-order valence-electron chi connectivity index (χ0n) is 16.0. The summed E-state index contributed by atoms with van der Waals surface area (Å²) < 4.78 is 30.6. The maximum atomic E-state index is 13.6. The van der Waals surface area contributed by atoms with Crippen LogP contribution in [0.3, 0.4) is 0 Å². The van der Waals surface area contributed by atoms with Crippen LogP contribution in [-0.2, 0) is 6.54 Å². The number of nitrogens with zero attached hydrogens (tertiary/aromatic N) is 4. The van der Waals surface area contributed by atoms with Crippen LogP contribution in [0.5, 0.6) is 0 Å². The topological polar surface area (TPSA) is 52.7 Å². The summed E-state index contributed by atoms with van der Waals surface area (Å²) >= 11 is 9.55. The molecular weight excluding hydrogens is 478 g/mol. The average molecular weight is 494 g/mol. The second-order valence-corrected chi connectivity index (χ2v) is 8.33. The van der Waals surface area contributed by atoms with E-state index in [4.69, 9.17) is 11.6 Å². The van der Waals surface area contributed by atoms with Gasteiger partial charge in [-0.1, -0.05) is 35.9 Å². The van der Waals surface area contributed by atoms with Gasteiger partial charge in [-0.25, -0.2) is 18.4 Å².